The molecule has 1 atom stereocenters. The lowest BCUT2D eigenvalue weighted by Crippen LogP contribution is -2.50. The van der Waals surface area contributed by atoms with E-state index < -0.39 is 0 Å². The number of nitrogens with zero attached hydrogens (tertiary/aromatic N) is 1. The van der Waals surface area contributed by atoms with Crippen molar-refractivity contribution < 1.29 is 9.53 Å². The molecule has 4 heteroatoms. The van der Waals surface area contributed by atoms with Crippen LogP contribution in [0.3, 0.4) is 0 Å². The summed E-state index contributed by atoms with van der Waals surface area (Å²) in [6, 6.07) is -0.151. The third kappa shape index (κ3) is 1.83. The van der Waals surface area contributed by atoms with E-state index in [1.807, 2.05) is 6.92 Å². The Hall–Kier alpha value is -0.770. The van der Waals surface area contributed by atoms with E-state index in [4.69, 9.17) is 10.5 Å². The van der Waals surface area contributed by atoms with Crippen molar-refractivity contribution in [1.29, 1.82) is 0 Å². The lowest BCUT2D eigenvalue weighted by Gasteiger charge is -2.33. The Morgan fingerprint density at radius 3 is 3.00 bits per heavy atom. The number of rotatable bonds is 1. The van der Waals surface area contributed by atoms with Gasteiger partial charge < -0.3 is 15.4 Å². The molecule has 11 heavy (non-hydrogen) atoms. The van der Waals surface area contributed by atoms with Crippen molar-refractivity contribution in [3.8, 4) is 0 Å². The molecule has 4 nitrogen and oxygen atoms in total. The summed E-state index contributed by atoms with van der Waals surface area (Å²) in [4.78, 5) is 12.5. The first kappa shape index (κ1) is 8.33. The number of hydrogen-bond donors (Lipinski definition) is 1. The number of primary amides is 1. The van der Waals surface area contributed by atoms with E-state index in [0.717, 1.165) is 6.42 Å². The molecule has 0 spiro atoms. The number of amides is 2. The quantitative estimate of drug-likeness (QED) is 0.591. The lowest BCUT2D eigenvalue weighted by atomic mass is 10.2. The van der Waals surface area contributed by atoms with E-state index in [2.05, 4.69) is 0 Å². The standard InChI is InChI=1S/C7H14N2O2/c1-2-6-5-11-4-3-9(6)7(8)10/h6H,2-5H2,1H3,(H2,8,10). The first-order valence-electron chi connectivity index (χ1n) is 3.89. The molecule has 2 N–H and O–H groups in total. The van der Waals surface area contributed by atoms with Crippen LogP contribution in [0.25, 0.3) is 0 Å². The molecule has 0 aliphatic carbocycles. The molecule has 64 valence electrons. The Labute approximate surface area is 66.3 Å². The summed E-state index contributed by atoms with van der Waals surface area (Å²) in [5.41, 5.74) is 5.16. The number of nitrogens with two attached hydrogens (primary N) is 1. The van der Waals surface area contributed by atoms with Crippen LogP contribution < -0.4 is 5.73 Å². The second kappa shape index (κ2) is 3.57. The van der Waals surface area contributed by atoms with Gasteiger partial charge in [0.25, 0.3) is 0 Å². The number of morpholine rings is 1. The highest BCUT2D eigenvalue weighted by Gasteiger charge is 2.23. The summed E-state index contributed by atoms with van der Waals surface area (Å²) >= 11 is 0. The number of hydrogen-bond acceptors (Lipinski definition) is 2. The van der Waals surface area contributed by atoms with Crippen LogP contribution >= 0.6 is 0 Å². The van der Waals surface area contributed by atoms with Gasteiger partial charge in [0, 0.05) is 6.54 Å². The van der Waals surface area contributed by atoms with Crippen molar-refractivity contribution in [2.24, 2.45) is 5.73 Å². The van der Waals surface area contributed by atoms with Gasteiger partial charge in [-0.1, -0.05) is 6.92 Å². The van der Waals surface area contributed by atoms with Gasteiger partial charge in [-0.15, -0.1) is 0 Å². The predicted octanol–water partition coefficient (Wildman–Crippen LogP) is 0.176. The van der Waals surface area contributed by atoms with E-state index >= 15 is 0 Å². The molecule has 1 unspecified atom stereocenters. The molecule has 0 aromatic heterocycles. The largest absolute Gasteiger partial charge is 0.377 e. The summed E-state index contributed by atoms with van der Waals surface area (Å²) in [5, 5.41) is 0. The maximum absolute atomic E-state index is 10.8. The summed E-state index contributed by atoms with van der Waals surface area (Å²) < 4.78 is 5.20. The number of carbonyl (C=O) groups is 1. The minimum Gasteiger partial charge on any atom is -0.377 e. The minimum atomic E-state index is -0.333. The van der Waals surface area contributed by atoms with Crippen molar-refractivity contribution in [3.63, 3.8) is 0 Å². The normalized spacial score (nSPS) is 25.2. The fraction of sp³-hybridized carbons (Fsp3) is 0.857. The van der Waals surface area contributed by atoms with E-state index in [-0.39, 0.29) is 12.1 Å². The van der Waals surface area contributed by atoms with E-state index in [0.29, 0.717) is 19.8 Å². The second-order valence-electron chi connectivity index (χ2n) is 2.67. The lowest BCUT2D eigenvalue weighted by molar-refractivity contribution is 0.0133. The molecule has 0 bridgehead atoms. The molecule has 1 saturated heterocycles. The fourth-order valence-electron chi connectivity index (χ4n) is 1.28. The highest BCUT2D eigenvalue weighted by atomic mass is 16.5. The SMILES string of the molecule is CCC1COCCN1C(N)=O. The van der Waals surface area contributed by atoms with Crippen LogP contribution in [0.2, 0.25) is 0 Å². The Morgan fingerprint density at radius 1 is 1.82 bits per heavy atom. The van der Waals surface area contributed by atoms with Gasteiger partial charge >= 0.3 is 6.03 Å². The number of ether oxygens (including phenoxy) is 1. The molecule has 0 saturated carbocycles. The average Bonchev–Trinajstić information content (AvgIpc) is 2.04. The van der Waals surface area contributed by atoms with Gasteiger partial charge in [-0.25, -0.2) is 4.79 Å². The zero-order valence-electron chi connectivity index (χ0n) is 6.75. The Bertz CT molecular complexity index is 149. The summed E-state index contributed by atoms with van der Waals surface area (Å²) in [7, 11) is 0. The molecule has 1 aliphatic heterocycles. The molecular formula is C7H14N2O2. The average molecular weight is 158 g/mol. The van der Waals surface area contributed by atoms with Crippen LogP contribution in [0, 0.1) is 0 Å². The predicted molar refractivity (Wildman–Crippen MR) is 41.2 cm³/mol. The summed E-state index contributed by atoms with van der Waals surface area (Å²) in [5.74, 6) is 0. The van der Waals surface area contributed by atoms with Gasteiger partial charge in [-0.05, 0) is 6.42 Å². The molecule has 1 rings (SSSR count). The van der Waals surface area contributed by atoms with Crippen LogP contribution in [0.4, 0.5) is 4.79 Å². The van der Waals surface area contributed by atoms with Crippen molar-refractivity contribution in [2.45, 2.75) is 19.4 Å². The number of carbonyl (C=O) groups excluding carboxylic acids is 1. The van der Waals surface area contributed by atoms with Gasteiger partial charge in [0.1, 0.15) is 0 Å². The molecule has 1 fully saturated rings. The first-order chi connectivity index (χ1) is 5.25. The smallest absolute Gasteiger partial charge is 0.315 e. The molecule has 0 radical (unpaired) electrons. The van der Waals surface area contributed by atoms with Gasteiger partial charge in [0.2, 0.25) is 0 Å². The molecule has 2 amide bonds. The van der Waals surface area contributed by atoms with E-state index in [9.17, 15) is 4.79 Å². The zero-order chi connectivity index (χ0) is 8.27. The number of urea groups is 1. The maximum Gasteiger partial charge on any atom is 0.315 e. The van der Waals surface area contributed by atoms with Crippen LogP contribution in [0.5, 0.6) is 0 Å². The Balaban J connectivity index is 2.51. The Morgan fingerprint density at radius 2 is 2.55 bits per heavy atom. The molecule has 0 aromatic carbocycles. The molecule has 1 heterocycles. The van der Waals surface area contributed by atoms with Crippen molar-refractivity contribution in [2.75, 3.05) is 19.8 Å². The van der Waals surface area contributed by atoms with Gasteiger partial charge in [0.05, 0.1) is 19.3 Å². The fourth-order valence-corrected chi connectivity index (χ4v) is 1.28. The van der Waals surface area contributed by atoms with Crippen LogP contribution in [-0.4, -0.2) is 36.7 Å². The first-order valence-corrected chi connectivity index (χ1v) is 3.89. The molecular weight excluding hydrogens is 144 g/mol. The van der Waals surface area contributed by atoms with E-state index in [1.165, 1.54) is 0 Å². The van der Waals surface area contributed by atoms with Crippen LogP contribution in [-0.2, 0) is 4.74 Å². The monoisotopic (exact) mass is 158 g/mol. The van der Waals surface area contributed by atoms with Gasteiger partial charge in [0.15, 0.2) is 0 Å². The second-order valence-corrected chi connectivity index (χ2v) is 2.67. The van der Waals surface area contributed by atoms with Crippen molar-refractivity contribution in [1.82, 2.24) is 4.90 Å². The van der Waals surface area contributed by atoms with Crippen molar-refractivity contribution in [3.05, 3.63) is 0 Å². The molecule has 0 aromatic rings. The Kier molecular flexibility index (Phi) is 2.70. The van der Waals surface area contributed by atoms with Gasteiger partial charge in [-0.3, -0.25) is 0 Å². The minimum absolute atomic E-state index is 0.182. The summed E-state index contributed by atoms with van der Waals surface area (Å²) in [6.45, 7) is 3.89. The van der Waals surface area contributed by atoms with Crippen molar-refractivity contribution >= 4 is 6.03 Å². The third-order valence-corrected chi connectivity index (χ3v) is 1.98. The summed E-state index contributed by atoms with van der Waals surface area (Å²) in [6.07, 6.45) is 0.906. The topological polar surface area (TPSA) is 55.6 Å². The zero-order valence-corrected chi connectivity index (χ0v) is 6.75. The van der Waals surface area contributed by atoms with E-state index in [1.54, 1.807) is 4.90 Å². The molecule has 1 aliphatic rings. The van der Waals surface area contributed by atoms with Crippen LogP contribution in [0.15, 0.2) is 0 Å². The highest BCUT2D eigenvalue weighted by molar-refractivity contribution is 5.72. The van der Waals surface area contributed by atoms with Crippen LogP contribution in [0.1, 0.15) is 13.3 Å². The highest BCUT2D eigenvalue weighted by Crippen LogP contribution is 2.08. The maximum atomic E-state index is 10.8. The third-order valence-electron chi connectivity index (χ3n) is 1.98. The van der Waals surface area contributed by atoms with Gasteiger partial charge in [-0.2, -0.15) is 0 Å².